The van der Waals surface area contributed by atoms with Crippen molar-refractivity contribution in [1.29, 1.82) is 0 Å². The fourth-order valence-corrected chi connectivity index (χ4v) is 0.664. The molecule has 0 aromatic carbocycles. The van der Waals surface area contributed by atoms with Crippen LogP contribution < -0.4 is 16.4 Å². The number of nitrogens with two attached hydrogens (primary N) is 1. The van der Waals surface area contributed by atoms with Gasteiger partial charge in [0.2, 0.25) is 0 Å². The first-order valence-corrected chi connectivity index (χ1v) is 4.19. The molecule has 0 spiro atoms. The third-order valence-corrected chi connectivity index (χ3v) is 1.33. The second-order valence-corrected chi connectivity index (χ2v) is 2.67. The monoisotopic (exact) mass is 227 g/mol. The van der Waals surface area contributed by atoms with Crippen molar-refractivity contribution in [2.24, 2.45) is 5.73 Å². The maximum absolute atomic E-state index is 11.6. The van der Waals surface area contributed by atoms with E-state index < -0.39 is 31.0 Å². The smallest absolute Gasteiger partial charge is 0.347 e. The Morgan fingerprint density at radius 3 is 1.93 bits per heavy atom. The number of hydrogen-bond acceptors (Lipinski definition) is 3. The van der Waals surface area contributed by atoms with Crippen LogP contribution >= 0.6 is 0 Å². The number of halogens is 3. The molecular weight excluding hydrogens is 215 g/mol. The minimum absolute atomic E-state index is 0.103. The van der Waals surface area contributed by atoms with Gasteiger partial charge in [-0.2, -0.15) is 13.2 Å². The molecule has 88 valence electrons. The lowest BCUT2D eigenvalue weighted by atomic mass is 10.4. The molecule has 8 heteroatoms. The van der Waals surface area contributed by atoms with Crippen molar-refractivity contribution in [2.75, 3.05) is 19.6 Å². The van der Waals surface area contributed by atoms with Gasteiger partial charge in [-0.1, -0.05) is 0 Å². The Balaban J connectivity index is 3.70. The van der Waals surface area contributed by atoms with Crippen molar-refractivity contribution in [3.63, 3.8) is 0 Å². The molecule has 0 saturated heterocycles. The molecule has 4 N–H and O–H groups in total. The van der Waals surface area contributed by atoms with Gasteiger partial charge in [-0.05, 0) is 0 Å². The van der Waals surface area contributed by atoms with Crippen LogP contribution in [-0.4, -0.2) is 37.6 Å². The van der Waals surface area contributed by atoms with E-state index in [9.17, 15) is 22.8 Å². The topological polar surface area (TPSA) is 84.2 Å². The molecule has 0 rings (SSSR count). The van der Waals surface area contributed by atoms with Crippen LogP contribution in [0, 0.1) is 0 Å². The van der Waals surface area contributed by atoms with Gasteiger partial charge in [0.15, 0.2) is 0 Å². The third-order valence-electron chi connectivity index (χ3n) is 1.33. The van der Waals surface area contributed by atoms with Crippen LogP contribution in [0.25, 0.3) is 0 Å². The molecule has 0 aliphatic carbocycles. The third kappa shape index (κ3) is 7.74. The van der Waals surface area contributed by atoms with Crippen LogP contribution in [0.1, 0.15) is 6.42 Å². The minimum atomic E-state index is -4.35. The second kappa shape index (κ2) is 6.23. The Kier molecular flexibility index (Phi) is 5.68. The Morgan fingerprint density at radius 2 is 1.53 bits per heavy atom. The van der Waals surface area contributed by atoms with Crippen LogP contribution in [0.4, 0.5) is 13.2 Å². The number of carbonyl (C=O) groups excluding carboxylic acids is 2. The molecule has 0 atom stereocenters. The number of carbonyl (C=O) groups is 2. The summed E-state index contributed by atoms with van der Waals surface area (Å²) in [5.74, 6) is -2.07. The summed E-state index contributed by atoms with van der Waals surface area (Å²) in [5, 5.41) is 3.96. The molecule has 0 saturated carbocycles. The first-order chi connectivity index (χ1) is 6.87. The van der Waals surface area contributed by atoms with Crippen LogP contribution in [-0.2, 0) is 9.59 Å². The Bertz CT molecular complexity index is 230. The highest BCUT2D eigenvalue weighted by Crippen LogP contribution is 2.17. The fraction of sp³-hybridized carbons (Fsp3) is 0.714. The minimum Gasteiger partial charge on any atom is -0.347 e. The van der Waals surface area contributed by atoms with Crippen LogP contribution in [0.2, 0.25) is 0 Å². The summed E-state index contributed by atoms with van der Waals surface area (Å²) in [7, 11) is 0. The number of amides is 2. The van der Waals surface area contributed by atoms with Gasteiger partial charge in [0.25, 0.3) is 0 Å². The summed E-state index contributed by atoms with van der Waals surface area (Å²) < 4.78 is 34.9. The maximum Gasteiger partial charge on any atom is 0.390 e. The van der Waals surface area contributed by atoms with Crippen LogP contribution in [0.15, 0.2) is 0 Å². The molecule has 15 heavy (non-hydrogen) atoms. The average molecular weight is 227 g/mol. The summed E-state index contributed by atoms with van der Waals surface area (Å²) in [4.78, 5) is 21.6. The first-order valence-electron chi connectivity index (χ1n) is 4.19. The van der Waals surface area contributed by atoms with Gasteiger partial charge in [0.05, 0.1) is 6.42 Å². The largest absolute Gasteiger partial charge is 0.390 e. The number of hydrogen-bond donors (Lipinski definition) is 3. The highest BCUT2D eigenvalue weighted by atomic mass is 19.4. The van der Waals surface area contributed by atoms with Crippen molar-refractivity contribution in [3.8, 4) is 0 Å². The summed E-state index contributed by atoms with van der Waals surface area (Å²) in [5.41, 5.74) is 5.04. The standard InChI is InChI=1S/C7H12F3N3O2/c8-7(9,10)1-3-12-5(14)6(15)13-4-2-11/h1-4,11H2,(H,12,14)(H,13,15). The zero-order chi connectivity index (χ0) is 11.9. The van der Waals surface area contributed by atoms with Gasteiger partial charge in [-0.15, -0.1) is 0 Å². The Hall–Kier alpha value is -1.31. The van der Waals surface area contributed by atoms with Gasteiger partial charge in [-0.25, -0.2) is 0 Å². The number of nitrogens with one attached hydrogen (secondary N) is 2. The lowest BCUT2D eigenvalue weighted by molar-refractivity contribution is -0.142. The summed E-state index contributed by atoms with van der Waals surface area (Å²) in [6, 6.07) is 0. The van der Waals surface area contributed by atoms with E-state index in [2.05, 4.69) is 5.32 Å². The van der Waals surface area contributed by atoms with Gasteiger partial charge in [0, 0.05) is 19.6 Å². The highest BCUT2D eigenvalue weighted by molar-refractivity contribution is 6.35. The van der Waals surface area contributed by atoms with Crippen molar-refractivity contribution in [1.82, 2.24) is 10.6 Å². The summed E-state index contributed by atoms with van der Waals surface area (Å²) in [6.07, 6.45) is -5.51. The van der Waals surface area contributed by atoms with E-state index in [0.29, 0.717) is 0 Å². The molecule has 0 aliphatic heterocycles. The normalized spacial score (nSPS) is 10.9. The zero-order valence-corrected chi connectivity index (χ0v) is 7.86. The maximum atomic E-state index is 11.6. The second-order valence-electron chi connectivity index (χ2n) is 2.67. The zero-order valence-electron chi connectivity index (χ0n) is 7.86. The van der Waals surface area contributed by atoms with Crippen LogP contribution in [0.5, 0.6) is 0 Å². The lowest BCUT2D eigenvalue weighted by Crippen LogP contribution is -2.42. The van der Waals surface area contributed by atoms with E-state index >= 15 is 0 Å². The Morgan fingerprint density at radius 1 is 1.07 bits per heavy atom. The lowest BCUT2D eigenvalue weighted by Gasteiger charge is -2.07. The van der Waals surface area contributed by atoms with Gasteiger partial charge >= 0.3 is 18.0 Å². The van der Waals surface area contributed by atoms with E-state index in [-0.39, 0.29) is 13.1 Å². The SMILES string of the molecule is NCCNC(=O)C(=O)NCCC(F)(F)F. The highest BCUT2D eigenvalue weighted by Gasteiger charge is 2.27. The molecule has 0 aliphatic rings. The van der Waals surface area contributed by atoms with Gasteiger partial charge in [0.1, 0.15) is 0 Å². The summed E-state index contributed by atoms with van der Waals surface area (Å²) in [6.45, 7) is -0.356. The first kappa shape index (κ1) is 13.7. The predicted molar refractivity (Wildman–Crippen MR) is 45.7 cm³/mol. The average Bonchev–Trinajstić information content (AvgIpc) is 2.11. The molecule has 0 aromatic heterocycles. The molecule has 5 nitrogen and oxygen atoms in total. The molecule has 2 amide bonds. The van der Waals surface area contributed by atoms with Crippen LogP contribution in [0.3, 0.4) is 0 Å². The van der Waals surface area contributed by atoms with Crippen molar-refractivity contribution >= 4 is 11.8 Å². The molecule has 0 bridgehead atoms. The van der Waals surface area contributed by atoms with E-state index in [1.165, 1.54) is 0 Å². The molecular formula is C7H12F3N3O2. The van der Waals surface area contributed by atoms with Gasteiger partial charge < -0.3 is 16.4 Å². The van der Waals surface area contributed by atoms with Crippen molar-refractivity contribution < 1.29 is 22.8 Å². The molecule has 0 heterocycles. The molecule has 0 unspecified atom stereocenters. The Labute approximate surface area is 84.2 Å². The van der Waals surface area contributed by atoms with E-state index in [4.69, 9.17) is 5.73 Å². The molecule has 0 aromatic rings. The number of alkyl halides is 3. The van der Waals surface area contributed by atoms with E-state index in [0.717, 1.165) is 0 Å². The predicted octanol–water partition coefficient (Wildman–Crippen LogP) is -0.870. The number of rotatable bonds is 4. The quantitative estimate of drug-likeness (QED) is 0.546. The van der Waals surface area contributed by atoms with Crippen molar-refractivity contribution in [3.05, 3.63) is 0 Å². The van der Waals surface area contributed by atoms with E-state index in [1.54, 1.807) is 0 Å². The fourth-order valence-electron chi connectivity index (χ4n) is 0.664. The summed E-state index contributed by atoms with van der Waals surface area (Å²) >= 11 is 0. The molecule has 0 fully saturated rings. The van der Waals surface area contributed by atoms with E-state index in [1.807, 2.05) is 5.32 Å². The van der Waals surface area contributed by atoms with Gasteiger partial charge in [-0.3, -0.25) is 9.59 Å². The van der Waals surface area contributed by atoms with Crippen molar-refractivity contribution in [2.45, 2.75) is 12.6 Å². The molecule has 0 radical (unpaired) electrons.